The number of halogens is 3. The Morgan fingerprint density at radius 1 is 1.33 bits per heavy atom. The Kier molecular flexibility index (Phi) is 3.21. The van der Waals surface area contributed by atoms with Crippen molar-refractivity contribution in [1.82, 2.24) is 4.98 Å². The van der Waals surface area contributed by atoms with Gasteiger partial charge in [0.25, 0.3) is 0 Å². The van der Waals surface area contributed by atoms with Crippen LogP contribution in [0.15, 0.2) is 18.2 Å². The number of rotatable bonds is 3. The minimum Gasteiger partial charge on any atom is -0.492 e. The van der Waals surface area contributed by atoms with Gasteiger partial charge >= 0.3 is 6.18 Å². The lowest BCUT2D eigenvalue weighted by atomic mass is 10.1. The van der Waals surface area contributed by atoms with Gasteiger partial charge in [-0.1, -0.05) is 12.1 Å². The molecule has 6 heteroatoms. The second-order valence-electron chi connectivity index (χ2n) is 3.79. The number of aromatic nitrogens is 1. The summed E-state index contributed by atoms with van der Waals surface area (Å²) in [5, 5.41) is 0.454. The van der Waals surface area contributed by atoms with Crippen molar-refractivity contribution in [2.75, 3.05) is 6.61 Å². The Balaban J connectivity index is 2.71. The first-order valence-corrected chi connectivity index (χ1v) is 5.52. The summed E-state index contributed by atoms with van der Waals surface area (Å²) in [4.78, 5) is 2.38. The van der Waals surface area contributed by atoms with E-state index in [2.05, 4.69) is 4.98 Å². The van der Waals surface area contributed by atoms with Crippen LogP contribution in [0, 0.1) is 0 Å². The van der Waals surface area contributed by atoms with Crippen LogP contribution in [0.2, 0.25) is 0 Å². The molecular formula is C12H13F3N2O. The van der Waals surface area contributed by atoms with Crippen LogP contribution in [0.4, 0.5) is 13.2 Å². The minimum absolute atomic E-state index is 0.0686. The molecule has 1 heterocycles. The number of nitrogens with one attached hydrogen (secondary N) is 1. The maximum Gasteiger partial charge on any atom is 0.431 e. The molecule has 2 rings (SSSR count). The molecule has 0 bridgehead atoms. The van der Waals surface area contributed by atoms with Gasteiger partial charge in [-0.3, -0.25) is 0 Å². The van der Waals surface area contributed by atoms with Gasteiger partial charge in [0.05, 0.1) is 12.1 Å². The van der Waals surface area contributed by atoms with Crippen molar-refractivity contribution in [3.05, 3.63) is 29.5 Å². The molecule has 0 amide bonds. The van der Waals surface area contributed by atoms with Gasteiger partial charge in [-0.25, -0.2) is 0 Å². The Morgan fingerprint density at radius 3 is 2.61 bits per heavy atom. The number of benzene rings is 1. The fraction of sp³-hybridized carbons (Fsp3) is 0.333. The Morgan fingerprint density at radius 2 is 2.06 bits per heavy atom. The number of hydrogen-bond donors (Lipinski definition) is 2. The Bertz CT molecular complexity index is 560. The van der Waals surface area contributed by atoms with Gasteiger partial charge in [0.2, 0.25) is 0 Å². The first-order valence-electron chi connectivity index (χ1n) is 5.52. The molecule has 0 spiro atoms. The summed E-state index contributed by atoms with van der Waals surface area (Å²) in [7, 11) is 0. The minimum atomic E-state index is -4.45. The van der Waals surface area contributed by atoms with Crippen LogP contribution in [0.1, 0.15) is 18.2 Å². The third-order valence-corrected chi connectivity index (χ3v) is 2.69. The van der Waals surface area contributed by atoms with Crippen molar-refractivity contribution in [3.8, 4) is 5.75 Å². The first-order chi connectivity index (χ1) is 8.49. The van der Waals surface area contributed by atoms with Gasteiger partial charge in [0, 0.05) is 17.5 Å². The fourth-order valence-electron chi connectivity index (χ4n) is 1.98. The van der Waals surface area contributed by atoms with E-state index in [0.717, 1.165) is 0 Å². The van der Waals surface area contributed by atoms with Gasteiger partial charge in [-0.05, 0) is 13.0 Å². The highest BCUT2D eigenvalue weighted by molar-refractivity contribution is 5.89. The van der Waals surface area contributed by atoms with Crippen LogP contribution in [0.5, 0.6) is 5.75 Å². The van der Waals surface area contributed by atoms with Crippen molar-refractivity contribution in [1.29, 1.82) is 0 Å². The van der Waals surface area contributed by atoms with Crippen molar-refractivity contribution >= 4 is 10.9 Å². The van der Waals surface area contributed by atoms with Crippen LogP contribution in [0.3, 0.4) is 0 Å². The number of H-pyrrole nitrogens is 1. The van der Waals surface area contributed by atoms with E-state index in [1.54, 1.807) is 25.1 Å². The number of hydrogen-bond acceptors (Lipinski definition) is 2. The Labute approximate surface area is 102 Å². The van der Waals surface area contributed by atoms with Crippen LogP contribution >= 0.6 is 0 Å². The number of fused-ring (bicyclic) bond motifs is 1. The quantitative estimate of drug-likeness (QED) is 0.889. The molecule has 0 fully saturated rings. The molecule has 0 unspecified atom stereocenters. The number of nitrogens with two attached hydrogens (primary N) is 1. The summed E-state index contributed by atoms with van der Waals surface area (Å²) in [6.07, 6.45) is -4.45. The van der Waals surface area contributed by atoms with Gasteiger partial charge < -0.3 is 15.5 Å². The number of para-hydroxylation sites is 1. The van der Waals surface area contributed by atoms with Crippen molar-refractivity contribution in [2.24, 2.45) is 5.73 Å². The number of ether oxygens (including phenoxy) is 1. The molecule has 0 aliphatic heterocycles. The third kappa shape index (κ3) is 2.03. The standard InChI is InChI=1S/C12H13F3N2O/c1-2-18-9-5-3-4-7-8(6-16)11(12(13,14)15)17-10(7)9/h3-5,17H,2,6,16H2,1H3. The van der Waals surface area contributed by atoms with E-state index in [4.69, 9.17) is 10.5 Å². The zero-order valence-corrected chi connectivity index (χ0v) is 9.77. The molecule has 1 aromatic carbocycles. The highest BCUT2D eigenvalue weighted by Crippen LogP contribution is 2.37. The van der Waals surface area contributed by atoms with E-state index in [1.165, 1.54) is 0 Å². The zero-order valence-electron chi connectivity index (χ0n) is 9.77. The van der Waals surface area contributed by atoms with Gasteiger partial charge in [0.15, 0.2) is 0 Å². The maximum absolute atomic E-state index is 12.9. The molecule has 3 nitrogen and oxygen atoms in total. The zero-order chi connectivity index (χ0) is 13.3. The molecule has 98 valence electrons. The van der Waals surface area contributed by atoms with Crippen LogP contribution in [0.25, 0.3) is 10.9 Å². The summed E-state index contributed by atoms with van der Waals surface area (Å²) in [6.45, 7) is 1.98. The second-order valence-corrected chi connectivity index (χ2v) is 3.79. The average Bonchev–Trinajstić information content (AvgIpc) is 2.68. The summed E-state index contributed by atoms with van der Waals surface area (Å²) in [5.74, 6) is 0.403. The predicted octanol–water partition coefficient (Wildman–Crippen LogP) is 3.04. The SMILES string of the molecule is CCOc1cccc2c(CN)c(C(F)(F)F)[nH]c12. The number of alkyl halides is 3. The van der Waals surface area contributed by atoms with Crippen molar-refractivity contribution in [3.63, 3.8) is 0 Å². The molecular weight excluding hydrogens is 245 g/mol. The summed E-state index contributed by atoms with van der Waals surface area (Å²) in [6, 6.07) is 4.88. The monoisotopic (exact) mass is 258 g/mol. The van der Waals surface area contributed by atoms with E-state index in [-0.39, 0.29) is 12.1 Å². The molecule has 0 atom stereocenters. The van der Waals surface area contributed by atoms with E-state index >= 15 is 0 Å². The molecule has 3 N–H and O–H groups in total. The molecule has 0 saturated heterocycles. The number of aromatic amines is 1. The fourth-order valence-corrected chi connectivity index (χ4v) is 1.98. The van der Waals surface area contributed by atoms with Gasteiger partial charge in [-0.15, -0.1) is 0 Å². The van der Waals surface area contributed by atoms with E-state index in [0.29, 0.717) is 23.3 Å². The topological polar surface area (TPSA) is 51.0 Å². The van der Waals surface area contributed by atoms with E-state index in [1.807, 2.05) is 0 Å². The lowest BCUT2D eigenvalue weighted by Crippen LogP contribution is -2.11. The molecule has 1 aromatic heterocycles. The molecule has 18 heavy (non-hydrogen) atoms. The van der Waals surface area contributed by atoms with Crippen LogP contribution in [-0.2, 0) is 12.7 Å². The average molecular weight is 258 g/mol. The molecule has 2 aromatic rings. The lowest BCUT2D eigenvalue weighted by molar-refractivity contribution is -0.141. The molecule has 0 saturated carbocycles. The summed E-state index contributed by atoms with van der Waals surface area (Å²) >= 11 is 0. The van der Waals surface area contributed by atoms with Gasteiger partial charge in [0.1, 0.15) is 11.4 Å². The van der Waals surface area contributed by atoms with Crippen LogP contribution < -0.4 is 10.5 Å². The smallest absolute Gasteiger partial charge is 0.431 e. The van der Waals surface area contributed by atoms with Gasteiger partial charge in [-0.2, -0.15) is 13.2 Å². The summed E-state index contributed by atoms with van der Waals surface area (Å²) < 4.78 is 43.9. The van der Waals surface area contributed by atoms with Crippen molar-refractivity contribution in [2.45, 2.75) is 19.6 Å². The highest BCUT2D eigenvalue weighted by atomic mass is 19.4. The highest BCUT2D eigenvalue weighted by Gasteiger charge is 2.36. The first kappa shape index (κ1) is 12.8. The van der Waals surface area contributed by atoms with Crippen LogP contribution in [-0.4, -0.2) is 11.6 Å². The molecule has 0 aliphatic carbocycles. The largest absolute Gasteiger partial charge is 0.492 e. The lowest BCUT2D eigenvalue weighted by Gasteiger charge is -2.05. The third-order valence-electron chi connectivity index (χ3n) is 2.69. The Hall–Kier alpha value is -1.69. The molecule has 0 aliphatic rings. The maximum atomic E-state index is 12.9. The normalized spacial score (nSPS) is 12.1. The van der Waals surface area contributed by atoms with E-state index < -0.39 is 11.9 Å². The predicted molar refractivity (Wildman–Crippen MR) is 62.4 cm³/mol. The van der Waals surface area contributed by atoms with Crippen molar-refractivity contribution < 1.29 is 17.9 Å². The molecule has 0 radical (unpaired) electrons. The second kappa shape index (κ2) is 4.53. The van der Waals surface area contributed by atoms with E-state index in [9.17, 15) is 13.2 Å². The summed E-state index contributed by atoms with van der Waals surface area (Å²) in [5.41, 5.74) is 5.03.